The van der Waals surface area contributed by atoms with Crippen molar-refractivity contribution in [3.8, 4) is 5.75 Å². The van der Waals surface area contributed by atoms with Gasteiger partial charge in [-0.1, -0.05) is 25.5 Å². The van der Waals surface area contributed by atoms with Crippen molar-refractivity contribution < 1.29 is 18.7 Å². The first kappa shape index (κ1) is 17.2. The third kappa shape index (κ3) is 5.28. The molecule has 4 nitrogen and oxygen atoms in total. The number of aryl methyl sites for hydroxylation is 1. The lowest BCUT2D eigenvalue weighted by Gasteiger charge is -2.17. The molecular weight excluding hydrogens is 275 g/mol. The standard InChI is InChI=1S/C15H25O4P/c1-4-7-8-14-11-13(9-10-15(14)16)12-20(17,18-5-2)19-6-3/h9-11,16H,4-8,12H2,1-3H3. The molecule has 20 heavy (non-hydrogen) atoms. The zero-order chi connectivity index (χ0) is 15.0. The number of phenolic OH excluding ortho intramolecular Hbond substituents is 1. The summed E-state index contributed by atoms with van der Waals surface area (Å²) < 4.78 is 23.1. The maximum absolute atomic E-state index is 12.5. The van der Waals surface area contributed by atoms with Crippen molar-refractivity contribution in [1.82, 2.24) is 0 Å². The molecule has 0 saturated heterocycles. The van der Waals surface area contributed by atoms with E-state index in [1.807, 2.05) is 6.07 Å². The molecule has 0 bridgehead atoms. The van der Waals surface area contributed by atoms with Gasteiger partial charge in [-0.3, -0.25) is 4.57 Å². The number of hydrogen-bond donors (Lipinski definition) is 1. The van der Waals surface area contributed by atoms with E-state index in [4.69, 9.17) is 9.05 Å². The van der Waals surface area contributed by atoms with Gasteiger partial charge in [0, 0.05) is 0 Å². The SMILES string of the molecule is CCCCc1cc(CP(=O)(OCC)OCC)ccc1O. The minimum atomic E-state index is -3.08. The molecule has 0 saturated carbocycles. The van der Waals surface area contributed by atoms with Crippen LogP contribution in [0, 0.1) is 0 Å². The van der Waals surface area contributed by atoms with Crippen LogP contribution in [0.15, 0.2) is 18.2 Å². The van der Waals surface area contributed by atoms with Gasteiger partial charge in [0.25, 0.3) is 0 Å². The molecule has 0 amide bonds. The molecule has 0 heterocycles. The molecular formula is C15H25O4P. The van der Waals surface area contributed by atoms with Gasteiger partial charge < -0.3 is 14.2 Å². The predicted octanol–water partition coefficient (Wildman–Crippen LogP) is 4.50. The van der Waals surface area contributed by atoms with E-state index in [-0.39, 0.29) is 6.16 Å². The Morgan fingerprint density at radius 1 is 1.15 bits per heavy atom. The summed E-state index contributed by atoms with van der Waals surface area (Å²) in [7, 11) is -3.08. The molecule has 0 unspecified atom stereocenters. The Morgan fingerprint density at radius 3 is 2.35 bits per heavy atom. The van der Waals surface area contributed by atoms with Crippen LogP contribution in [0.5, 0.6) is 5.75 Å². The topological polar surface area (TPSA) is 55.8 Å². The first-order valence-electron chi connectivity index (χ1n) is 7.23. The van der Waals surface area contributed by atoms with Crippen LogP contribution in [-0.4, -0.2) is 18.3 Å². The van der Waals surface area contributed by atoms with Crippen LogP contribution in [0.4, 0.5) is 0 Å². The highest BCUT2D eigenvalue weighted by Gasteiger charge is 2.24. The summed E-state index contributed by atoms with van der Waals surface area (Å²) in [5.74, 6) is 0.296. The molecule has 1 aromatic rings. The van der Waals surface area contributed by atoms with Crippen molar-refractivity contribution in [3.05, 3.63) is 29.3 Å². The first-order valence-corrected chi connectivity index (χ1v) is 8.96. The summed E-state index contributed by atoms with van der Waals surface area (Å²) in [4.78, 5) is 0. The summed E-state index contributed by atoms with van der Waals surface area (Å²) in [6.07, 6.45) is 3.16. The Kier molecular flexibility index (Phi) is 7.28. The maximum Gasteiger partial charge on any atom is 0.335 e. The first-order chi connectivity index (χ1) is 9.54. The molecule has 0 aliphatic heterocycles. The summed E-state index contributed by atoms with van der Waals surface area (Å²) in [6.45, 7) is 6.43. The lowest BCUT2D eigenvalue weighted by atomic mass is 10.1. The summed E-state index contributed by atoms with van der Waals surface area (Å²) in [5.41, 5.74) is 1.77. The van der Waals surface area contributed by atoms with Gasteiger partial charge >= 0.3 is 7.60 Å². The normalized spacial score (nSPS) is 11.8. The molecule has 114 valence electrons. The number of aromatic hydroxyl groups is 1. The Hall–Kier alpha value is -0.830. The third-order valence-corrected chi connectivity index (χ3v) is 5.03. The summed E-state index contributed by atoms with van der Waals surface area (Å²) >= 11 is 0. The van der Waals surface area contributed by atoms with Crippen molar-refractivity contribution >= 4 is 7.60 Å². The fraction of sp³-hybridized carbons (Fsp3) is 0.600. The van der Waals surface area contributed by atoms with E-state index in [0.717, 1.165) is 30.4 Å². The fourth-order valence-corrected chi connectivity index (χ4v) is 3.74. The second-order valence-corrected chi connectivity index (χ2v) is 6.73. The van der Waals surface area contributed by atoms with E-state index in [1.165, 1.54) is 0 Å². The van der Waals surface area contributed by atoms with Gasteiger partial charge in [0.05, 0.1) is 19.4 Å². The van der Waals surface area contributed by atoms with Crippen molar-refractivity contribution in [3.63, 3.8) is 0 Å². The van der Waals surface area contributed by atoms with E-state index in [9.17, 15) is 9.67 Å². The summed E-state index contributed by atoms with van der Waals surface area (Å²) in [5, 5.41) is 9.84. The van der Waals surface area contributed by atoms with Gasteiger partial charge in [-0.2, -0.15) is 0 Å². The molecule has 5 heteroatoms. The fourth-order valence-electron chi connectivity index (χ4n) is 2.05. The van der Waals surface area contributed by atoms with Crippen molar-refractivity contribution in [1.29, 1.82) is 0 Å². The second-order valence-electron chi connectivity index (χ2n) is 4.67. The number of hydrogen-bond acceptors (Lipinski definition) is 4. The molecule has 0 spiro atoms. The molecule has 1 N–H and O–H groups in total. The van der Waals surface area contributed by atoms with E-state index < -0.39 is 7.60 Å². The molecule has 0 fully saturated rings. The van der Waals surface area contributed by atoms with Gasteiger partial charge in [-0.25, -0.2) is 0 Å². The van der Waals surface area contributed by atoms with Gasteiger partial charge in [-0.15, -0.1) is 0 Å². The predicted molar refractivity (Wildman–Crippen MR) is 81.3 cm³/mol. The van der Waals surface area contributed by atoms with Crippen LogP contribution in [0.3, 0.4) is 0 Å². The molecule has 0 radical (unpaired) electrons. The van der Waals surface area contributed by atoms with E-state index >= 15 is 0 Å². The minimum Gasteiger partial charge on any atom is -0.508 e. The smallest absolute Gasteiger partial charge is 0.335 e. The van der Waals surface area contributed by atoms with Crippen LogP contribution in [-0.2, 0) is 26.2 Å². The van der Waals surface area contributed by atoms with Crippen LogP contribution in [0.25, 0.3) is 0 Å². The third-order valence-electron chi connectivity index (χ3n) is 2.97. The van der Waals surface area contributed by atoms with Crippen LogP contribution in [0.1, 0.15) is 44.7 Å². The maximum atomic E-state index is 12.5. The second kappa shape index (κ2) is 8.46. The van der Waals surface area contributed by atoms with Gasteiger partial charge in [0.1, 0.15) is 5.75 Å². The molecule has 1 aromatic carbocycles. The molecule has 1 rings (SSSR count). The van der Waals surface area contributed by atoms with Gasteiger partial charge in [-0.05, 0) is 43.9 Å². The number of phenols is 1. The van der Waals surface area contributed by atoms with Crippen molar-refractivity contribution in [2.75, 3.05) is 13.2 Å². The molecule has 0 aliphatic carbocycles. The lowest BCUT2D eigenvalue weighted by molar-refractivity contribution is 0.219. The molecule has 0 aliphatic rings. The zero-order valence-electron chi connectivity index (χ0n) is 12.6. The highest BCUT2D eigenvalue weighted by atomic mass is 31.2. The van der Waals surface area contributed by atoms with Crippen LogP contribution in [0.2, 0.25) is 0 Å². The van der Waals surface area contributed by atoms with Crippen LogP contribution < -0.4 is 0 Å². The molecule has 0 aromatic heterocycles. The average molecular weight is 300 g/mol. The number of rotatable bonds is 9. The van der Waals surface area contributed by atoms with E-state index in [1.54, 1.807) is 26.0 Å². The highest BCUT2D eigenvalue weighted by Crippen LogP contribution is 2.51. The van der Waals surface area contributed by atoms with E-state index in [2.05, 4.69) is 6.92 Å². The van der Waals surface area contributed by atoms with E-state index in [0.29, 0.717) is 19.0 Å². The largest absolute Gasteiger partial charge is 0.508 e. The Morgan fingerprint density at radius 2 is 1.80 bits per heavy atom. The summed E-state index contributed by atoms with van der Waals surface area (Å²) in [6, 6.07) is 5.33. The molecule has 0 atom stereocenters. The number of unbranched alkanes of at least 4 members (excludes halogenated alkanes) is 1. The zero-order valence-corrected chi connectivity index (χ0v) is 13.5. The quantitative estimate of drug-likeness (QED) is 0.682. The highest BCUT2D eigenvalue weighted by molar-refractivity contribution is 7.53. The van der Waals surface area contributed by atoms with Gasteiger partial charge in [0.15, 0.2) is 0 Å². The Balaban J connectivity index is 2.87. The van der Waals surface area contributed by atoms with Crippen molar-refractivity contribution in [2.24, 2.45) is 0 Å². The lowest BCUT2D eigenvalue weighted by Crippen LogP contribution is -2.00. The minimum absolute atomic E-state index is 0.244. The Labute approximate surface area is 121 Å². The average Bonchev–Trinajstić information content (AvgIpc) is 2.40. The number of benzene rings is 1. The monoisotopic (exact) mass is 300 g/mol. The van der Waals surface area contributed by atoms with Crippen LogP contribution >= 0.6 is 7.60 Å². The Bertz CT molecular complexity index is 449. The van der Waals surface area contributed by atoms with Gasteiger partial charge in [0.2, 0.25) is 0 Å². The van der Waals surface area contributed by atoms with Crippen molar-refractivity contribution in [2.45, 2.75) is 46.2 Å².